The summed E-state index contributed by atoms with van der Waals surface area (Å²) in [4.78, 5) is 0. The maximum Gasteiger partial charge on any atom is 0.137 e. The van der Waals surface area contributed by atoms with E-state index in [-0.39, 0.29) is 0 Å². The average Bonchev–Trinajstić information content (AvgIpc) is 2.74. The van der Waals surface area contributed by atoms with Gasteiger partial charge in [-0.15, -0.1) is 0 Å². The van der Waals surface area contributed by atoms with Crippen LogP contribution in [0, 0.1) is 0 Å². The van der Waals surface area contributed by atoms with E-state index in [1.165, 1.54) is 11.3 Å². The third-order valence-electron chi connectivity index (χ3n) is 2.43. The van der Waals surface area contributed by atoms with Crippen LogP contribution in [0.15, 0.2) is 33.4 Å². The highest BCUT2D eigenvalue weighted by molar-refractivity contribution is 9.10. The summed E-state index contributed by atoms with van der Waals surface area (Å²) in [5.41, 5.74) is 1.59. The quantitative estimate of drug-likeness (QED) is 0.909. The Morgan fingerprint density at radius 3 is 2.71 bits per heavy atom. The van der Waals surface area contributed by atoms with Gasteiger partial charge in [0.2, 0.25) is 0 Å². The van der Waals surface area contributed by atoms with Gasteiger partial charge in [-0.3, -0.25) is 0 Å². The van der Waals surface area contributed by atoms with Crippen LogP contribution in [-0.2, 0) is 0 Å². The minimum atomic E-state index is -0.681. The second-order valence-electron chi connectivity index (χ2n) is 3.47. The van der Waals surface area contributed by atoms with Crippen LogP contribution in [-0.4, -0.2) is 12.2 Å². The average molecular weight is 334 g/mol. The third kappa shape index (κ3) is 2.65. The molecule has 5 heteroatoms. The lowest BCUT2D eigenvalue weighted by Gasteiger charge is -2.12. The van der Waals surface area contributed by atoms with Crippen molar-refractivity contribution in [1.29, 1.82) is 0 Å². The largest absolute Gasteiger partial charge is 0.495 e. The molecular formula is C12H10BrClO2S. The van der Waals surface area contributed by atoms with Gasteiger partial charge >= 0.3 is 0 Å². The molecule has 0 saturated heterocycles. The van der Waals surface area contributed by atoms with Crippen molar-refractivity contribution in [3.05, 3.63) is 49.6 Å². The first kappa shape index (κ1) is 12.9. The lowest BCUT2D eigenvalue weighted by molar-refractivity contribution is 0.220. The molecule has 0 saturated carbocycles. The Labute approximate surface area is 117 Å². The van der Waals surface area contributed by atoms with Crippen LogP contribution in [0.3, 0.4) is 0 Å². The first-order valence-corrected chi connectivity index (χ1v) is 6.98. The van der Waals surface area contributed by atoms with Crippen LogP contribution < -0.4 is 4.74 Å². The number of methoxy groups -OCH3 is 1. The molecule has 1 N–H and O–H groups in total. The normalized spacial score (nSPS) is 12.5. The fourth-order valence-electron chi connectivity index (χ4n) is 1.52. The number of ether oxygens (including phenoxy) is 1. The van der Waals surface area contributed by atoms with E-state index in [1.54, 1.807) is 25.3 Å². The second-order valence-corrected chi connectivity index (χ2v) is 5.48. The summed E-state index contributed by atoms with van der Waals surface area (Å²) in [6.07, 6.45) is -0.681. The molecule has 1 aromatic carbocycles. The number of halogens is 2. The number of thiophene rings is 1. The van der Waals surface area contributed by atoms with Gasteiger partial charge in [0.15, 0.2) is 0 Å². The van der Waals surface area contributed by atoms with Crippen LogP contribution in [0.4, 0.5) is 0 Å². The monoisotopic (exact) mass is 332 g/mol. The van der Waals surface area contributed by atoms with Crippen molar-refractivity contribution in [3.8, 4) is 5.75 Å². The zero-order valence-electron chi connectivity index (χ0n) is 8.98. The highest BCUT2D eigenvalue weighted by atomic mass is 79.9. The molecule has 2 nitrogen and oxygen atoms in total. The van der Waals surface area contributed by atoms with Crippen molar-refractivity contribution < 1.29 is 9.84 Å². The Hall–Kier alpha value is -0.550. The summed E-state index contributed by atoms with van der Waals surface area (Å²) in [7, 11) is 1.56. The van der Waals surface area contributed by atoms with Crippen molar-refractivity contribution in [2.75, 3.05) is 7.11 Å². The van der Waals surface area contributed by atoms with Crippen molar-refractivity contribution in [2.45, 2.75) is 6.10 Å². The molecule has 2 aromatic rings. The first-order chi connectivity index (χ1) is 8.13. The molecule has 1 aromatic heterocycles. The van der Waals surface area contributed by atoms with E-state index in [0.717, 1.165) is 15.6 Å². The Kier molecular flexibility index (Phi) is 4.09. The van der Waals surface area contributed by atoms with Gasteiger partial charge in [0.05, 0.1) is 12.1 Å². The highest BCUT2D eigenvalue weighted by Crippen LogP contribution is 2.34. The van der Waals surface area contributed by atoms with E-state index in [4.69, 9.17) is 16.3 Å². The summed E-state index contributed by atoms with van der Waals surface area (Å²) >= 11 is 11.0. The minimum Gasteiger partial charge on any atom is -0.495 e. The van der Waals surface area contributed by atoms with Crippen LogP contribution in [0.1, 0.15) is 17.2 Å². The summed E-state index contributed by atoms with van der Waals surface area (Å²) in [6.45, 7) is 0. The van der Waals surface area contributed by atoms with Gasteiger partial charge in [0, 0.05) is 15.4 Å². The molecule has 1 unspecified atom stereocenters. The number of hydrogen-bond acceptors (Lipinski definition) is 3. The Morgan fingerprint density at radius 1 is 1.41 bits per heavy atom. The number of aliphatic hydroxyl groups is 1. The molecule has 17 heavy (non-hydrogen) atoms. The maximum atomic E-state index is 10.2. The van der Waals surface area contributed by atoms with Crippen LogP contribution in [0.25, 0.3) is 0 Å². The van der Waals surface area contributed by atoms with Crippen LogP contribution >= 0.6 is 38.9 Å². The molecule has 0 aliphatic rings. The topological polar surface area (TPSA) is 29.5 Å². The summed E-state index contributed by atoms with van der Waals surface area (Å²) < 4.78 is 5.98. The van der Waals surface area contributed by atoms with Gasteiger partial charge in [-0.05, 0) is 39.0 Å². The molecule has 1 heterocycles. The molecule has 0 aliphatic carbocycles. The Bertz CT molecular complexity index is 527. The summed E-state index contributed by atoms with van der Waals surface area (Å²) in [6, 6.07) is 5.27. The van der Waals surface area contributed by atoms with E-state index in [2.05, 4.69) is 15.9 Å². The van der Waals surface area contributed by atoms with E-state index in [9.17, 15) is 5.11 Å². The smallest absolute Gasteiger partial charge is 0.137 e. The lowest BCUT2D eigenvalue weighted by Crippen LogP contribution is -1.99. The van der Waals surface area contributed by atoms with Gasteiger partial charge in [-0.2, -0.15) is 11.3 Å². The number of aliphatic hydroxyl groups excluding tert-OH is 1. The lowest BCUT2D eigenvalue weighted by atomic mass is 10.0. The van der Waals surface area contributed by atoms with Gasteiger partial charge in [0.25, 0.3) is 0 Å². The Morgan fingerprint density at radius 2 is 2.18 bits per heavy atom. The van der Waals surface area contributed by atoms with Gasteiger partial charge in [-0.1, -0.05) is 17.7 Å². The molecule has 90 valence electrons. The van der Waals surface area contributed by atoms with Crippen molar-refractivity contribution in [3.63, 3.8) is 0 Å². The van der Waals surface area contributed by atoms with Gasteiger partial charge in [-0.25, -0.2) is 0 Å². The van der Waals surface area contributed by atoms with E-state index < -0.39 is 6.10 Å². The molecule has 0 amide bonds. The number of benzene rings is 1. The fourth-order valence-corrected chi connectivity index (χ4v) is 3.32. The molecule has 0 spiro atoms. The van der Waals surface area contributed by atoms with Crippen LogP contribution in [0.5, 0.6) is 5.75 Å². The molecule has 0 fully saturated rings. The standard InChI is InChI=1S/C12H10BrClO2S/c1-16-11-3-2-7(4-10(11)14)12(15)8-5-17-6-9(8)13/h2-6,12,15H,1H3. The first-order valence-electron chi connectivity index (χ1n) is 4.86. The minimum absolute atomic E-state index is 0.496. The highest BCUT2D eigenvalue weighted by Gasteiger charge is 2.15. The second kappa shape index (κ2) is 5.40. The molecule has 0 radical (unpaired) electrons. The zero-order chi connectivity index (χ0) is 12.4. The van der Waals surface area contributed by atoms with Crippen molar-refractivity contribution >= 4 is 38.9 Å². The van der Waals surface area contributed by atoms with E-state index in [1.807, 2.05) is 10.8 Å². The summed E-state index contributed by atoms with van der Waals surface area (Å²) in [5.74, 6) is 0.604. The SMILES string of the molecule is COc1ccc(C(O)c2cscc2Br)cc1Cl. The third-order valence-corrected chi connectivity index (χ3v) is 4.48. The van der Waals surface area contributed by atoms with E-state index >= 15 is 0 Å². The fraction of sp³-hybridized carbons (Fsp3) is 0.167. The molecule has 0 bridgehead atoms. The molecule has 0 aliphatic heterocycles. The molecule has 2 rings (SSSR count). The van der Waals surface area contributed by atoms with E-state index in [0.29, 0.717) is 10.8 Å². The van der Waals surface area contributed by atoms with Crippen molar-refractivity contribution in [1.82, 2.24) is 0 Å². The predicted molar refractivity (Wildman–Crippen MR) is 74.1 cm³/mol. The molecule has 1 atom stereocenters. The Balaban J connectivity index is 2.35. The van der Waals surface area contributed by atoms with Crippen molar-refractivity contribution in [2.24, 2.45) is 0 Å². The number of hydrogen-bond donors (Lipinski definition) is 1. The van der Waals surface area contributed by atoms with Gasteiger partial charge in [0.1, 0.15) is 11.9 Å². The number of rotatable bonds is 3. The zero-order valence-corrected chi connectivity index (χ0v) is 12.1. The molecular weight excluding hydrogens is 324 g/mol. The summed E-state index contributed by atoms with van der Waals surface area (Å²) in [5, 5.41) is 14.6. The van der Waals surface area contributed by atoms with Gasteiger partial charge < -0.3 is 9.84 Å². The maximum absolute atomic E-state index is 10.2. The van der Waals surface area contributed by atoms with Crippen LogP contribution in [0.2, 0.25) is 5.02 Å². The predicted octanol–water partition coefficient (Wildman–Crippen LogP) is 4.25.